The van der Waals surface area contributed by atoms with Crippen LogP contribution < -0.4 is 15.2 Å². The number of thiophene rings is 1. The molecule has 0 radical (unpaired) electrons. The number of halogens is 1. The van der Waals surface area contributed by atoms with Crippen molar-refractivity contribution in [1.82, 2.24) is 4.90 Å². The highest BCUT2D eigenvalue weighted by molar-refractivity contribution is 7.10. The van der Waals surface area contributed by atoms with Crippen molar-refractivity contribution in [3.8, 4) is 11.5 Å². The maximum Gasteiger partial charge on any atom is 0.255 e. The van der Waals surface area contributed by atoms with Gasteiger partial charge in [0.2, 0.25) is 0 Å². The quantitative estimate of drug-likeness (QED) is 0.798. The molecule has 0 aliphatic carbocycles. The highest BCUT2D eigenvalue weighted by Gasteiger charge is 2.19. The van der Waals surface area contributed by atoms with E-state index < -0.39 is 5.91 Å². The maximum absolute atomic E-state index is 12.7. The Morgan fingerprint density at radius 2 is 2.08 bits per heavy atom. The number of hydrogen-bond donors (Lipinski definition) is 1. The molecule has 0 aliphatic heterocycles. The molecule has 0 aliphatic rings. The van der Waals surface area contributed by atoms with Crippen LogP contribution in [0.4, 0.5) is 0 Å². The number of amides is 2. The topological polar surface area (TPSA) is 81.9 Å². The van der Waals surface area contributed by atoms with Crippen molar-refractivity contribution in [3.05, 3.63) is 44.6 Å². The molecular weight excluding hydrogens is 364 g/mol. The van der Waals surface area contributed by atoms with Crippen molar-refractivity contribution in [3.63, 3.8) is 0 Å². The molecule has 2 N–H and O–H groups in total. The van der Waals surface area contributed by atoms with Gasteiger partial charge in [-0.05, 0) is 36.1 Å². The Morgan fingerprint density at radius 1 is 1.36 bits per heavy atom. The number of hydrogen-bond acceptors (Lipinski definition) is 5. The summed E-state index contributed by atoms with van der Waals surface area (Å²) in [7, 11) is 3.15. The largest absolute Gasteiger partial charge is 0.493 e. The van der Waals surface area contributed by atoms with Gasteiger partial charge in [0.15, 0.2) is 18.1 Å². The lowest BCUT2D eigenvalue weighted by molar-refractivity contribution is -0.119. The van der Waals surface area contributed by atoms with E-state index in [4.69, 9.17) is 26.8 Å². The van der Waals surface area contributed by atoms with Crippen LogP contribution in [0, 0.1) is 6.92 Å². The minimum absolute atomic E-state index is 0.171. The molecule has 0 spiro atoms. The fourth-order valence-electron chi connectivity index (χ4n) is 2.20. The SMILES string of the molecule is COc1cc(C(=O)N(C)Cc2sccc2C)cc(Cl)c1OCC(N)=O. The second kappa shape index (κ2) is 8.22. The predicted molar refractivity (Wildman–Crippen MR) is 97.5 cm³/mol. The van der Waals surface area contributed by atoms with Gasteiger partial charge in [0.1, 0.15) is 0 Å². The van der Waals surface area contributed by atoms with Gasteiger partial charge in [0.05, 0.1) is 18.7 Å². The van der Waals surface area contributed by atoms with E-state index in [0.29, 0.717) is 12.1 Å². The first kappa shape index (κ1) is 19.1. The van der Waals surface area contributed by atoms with Crippen LogP contribution in [-0.4, -0.2) is 37.5 Å². The van der Waals surface area contributed by atoms with Crippen molar-refractivity contribution in [1.29, 1.82) is 0 Å². The van der Waals surface area contributed by atoms with Crippen LogP contribution in [0.2, 0.25) is 5.02 Å². The van der Waals surface area contributed by atoms with E-state index in [2.05, 4.69) is 0 Å². The first-order chi connectivity index (χ1) is 11.8. The second-order valence-corrected chi connectivity index (χ2v) is 6.84. The Labute approximate surface area is 155 Å². The van der Waals surface area contributed by atoms with E-state index in [1.165, 1.54) is 19.2 Å². The third-order valence-electron chi connectivity index (χ3n) is 3.53. The lowest BCUT2D eigenvalue weighted by Gasteiger charge is -2.19. The summed E-state index contributed by atoms with van der Waals surface area (Å²) >= 11 is 7.79. The van der Waals surface area contributed by atoms with Crippen LogP contribution in [-0.2, 0) is 11.3 Å². The molecule has 0 saturated heterocycles. The van der Waals surface area contributed by atoms with Crippen molar-refractivity contribution in [2.45, 2.75) is 13.5 Å². The average molecular weight is 383 g/mol. The normalized spacial score (nSPS) is 10.4. The van der Waals surface area contributed by atoms with Crippen molar-refractivity contribution in [2.75, 3.05) is 20.8 Å². The van der Waals surface area contributed by atoms with Gasteiger partial charge in [-0.25, -0.2) is 0 Å². The van der Waals surface area contributed by atoms with Crippen molar-refractivity contribution >= 4 is 34.8 Å². The molecule has 1 aromatic carbocycles. The average Bonchev–Trinajstić information content (AvgIpc) is 2.96. The third kappa shape index (κ3) is 4.64. The summed E-state index contributed by atoms with van der Waals surface area (Å²) in [6.07, 6.45) is 0. The van der Waals surface area contributed by atoms with E-state index >= 15 is 0 Å². The van der Waals surface area contributed by atoms with Crippen LogP contribution in [0.25, 0.3) is 0 Å². The fraction of sp³-hybridized carbons (Fsp3) is 0.294. The number of nitrogens with two attached hydrogens (primary N) is 1. The second-order valence-electron chi connectivity index (χ2n) is 5.43. The highest BCUT2D eigenvalue weighted by Crippen LogP contribution is 2.36. The monoisotopic (exact) mass is 382 g/mol. The van der Waals surface area contributed by atoms with Crippen molar-refractivity contribution < 1.29 is 19.1 Å². The Kier molecular flexibility index (Phi) is 6.27. The molecule has 1 aromatic heterocycles. The van der Waals surface area contributed by atoms with Gasteiger partial charge in [0, 0.05) is 17.5 Å². The summed E-state index contributed by atoms with van der Waals surface area (Å²) in [6, 6.07) is 5.03. The summed E-state index contributed by atoms with van der Waals surface area (Å²) < 4.78 is 10.5. The Balaban J connectivity index is 2.23. The van der Waals surface area contributed by atoms with E-state index in [1.54, 1.807) is 23.3 Å². The van der Waals surface area contributed by atoms with Crippen LogP contribution in [0.1, 0.15) is 20.8 Å². The van der Waals surface area contributed by atoms with E-state index in [1.807, 2.05) is 18.4 Å². The molecule has 1 heterocycles. The molecule has 0 fully saturated rings. The maximum atomic E-state index is 12.7. The number of ether oxygens (including phenoxy) is 2. The summed E-state index contributed by atoms with van der Waals surface area (Å²) in [5.74, 6) is -0.396. The summed E-state index contributed by atoms with van der Waals surface area (Å²) in [6.45, 7) is 2.18. The van der Waals surface area contributed by atoms with E-state index in [9.17, 15) is 9.59 Å². The number of carbonyl (C=O) groups excluding carboxylic acids is 2. The molecule has 2 rings (SSSR count). The lowest BCUT2D eigenvalue weighted by Crippen LogP contribution is -2.26. The smallest absolute Gasteiger partial charge is 0.255 e. The fourth-order valence-corrected chi connectivity index (χ4v) is 3.42. The first-order valence-electron chi connectivity index (χ1n) is 7.40. The number of primary amides is 1. The number of benzene rings is 1. The van der Waals surface area contributed by atoms with Crippen molar-refractivity contribution in [2.24, 2.45) is 5.73 Å². The molecular formula is C17H19ClN2O4S. The molecule has 0 atom stereocenters. The van der Waals surface area contributed by atoms with Crippen LogP contribution in [0.3, 0.4) is 0 Å². The molecule has 2 amide bonds. The zero-order chi connectivity index (χ0) is 18.6. The van der Waals surface area contributed by atoms with Gasteiger partial charge in [-0.15, -0.1) is 11.3 Å². The molecule has 0 bridgehead atoms. The predicted octanol–water partition coefficient (Wildman–Crippen LogP) is 2.85. The third-order valence-corrected chi connectivity index (χ3v) is 4.82. The molecule has 0 saturated carbocycles. The zero-order valence-corrected chi connectivity index (χ0v) is 15.7. The number of carbonyl (C=O) groups is 2. The van der Waals surface area contributed by atoms with Gasteiger partial charge in [-0.3, -0.25) is 9.59 Å². The van der Waals surface area contributed by atoms with Gasteiger partial charge in [0.25, 0.3) is 11.8 Å². The number of rotatable bonds is 7. The Bertz CT molecular complexity index is 791. The standard InChI is InChI=1S/C17H19ClN2O4S/c1-10-4-5-25-14(10)8-20(2)17(22)11-6-12(18)16(13(7-11)23-3)24-9-15(19)21/h4-7H,8-9H2,1-3H3,(H2,19,21). The molecule has 6 nitrogen and oxygen atoms in total. The molecule has 25 heavy (non-hydrogen) atoms. The van der Waals surface area contributed by atoms with Gasteiger partial charge in [-0.2, -0.15) is 0 Å². The lowest BCUT2D eigenvalue weighted by atomic mass is 10.1. The van der Waals surface area contributed by atoms with Gasteiger partial charge < -0.3 is 20.1 Å². The number of nitrogens with zero attached hydrogens (tertiary/aromatic N) is 1. The molecule has 8 heteroatoms. The van der Waals surface area contributed by atoms with Crippen LogP contribution >= 0.6 is 22.9 Å². The van der Waals surface area contributed by atoms with Crippen LogP contribution in [0.5, 0.6) is 11.5 Å². The van der Waals surface area contributed by atoms with Gasteiger partial charge in [-0.1, -0.05) is 11.6 Å². The highest BCUT2D eigenvalue weighted by atomic mass is 35.5. The zero-order valence-electron chi connectivity index (χ0n) is 14.2. The summed E-state index contributed by atoms with van der Waals surface area (Å²) in [5.41, 5.74) is 6.58. The molecule has 134 valence electrons. The van der Waals surface area contributed by atoms with Crippen LogP contribution in [0.15, 0.2) is 23.6 Å². The van der Waals surface area contributed by atoms with Gasteiger partial charge >= 0.3 is 0 Å². The summed E-state index contributed by atoms with van der Waals surface area (Å²) in [4.78, 5) is 26.3. The summed E-state index contributed by atoms with van der Waals surface area (Å²) in [5, 5.41) is 2.16. The Morgan fingerprint density at radius 3 is 2.64 bits per heavy atom. The van der Waals surface area contributed by atoms with E-state index in [0.717, 1.165) is 10.4 Å². The molecule has 0 unspecified atom stereocenters. The minimum Gasteiger partial charge on any atom is -0.493 e. The number of methoxy groups -OCH3 is 1. The Hall–Kier alpha value is -2.25. The first-order valence-corrected chi connectivity index (χ1v) is 8.66. The molecule has 2 aromatic rings. The minimum atomic E-state index is -0.635. The van der Waals surface area contributed by atoms with E-state index in [-0.39, 0.29) is 29.0 Å². The number of aryl methyl sites for hydroxylation is 1.